The molecule has 1 N–H and O–H groups in total. The maximum atomic E-state index is 9.55. The molecule has 0 aliphatic carbocycles. The summed E-state index contributed by atoms with van der Waals surface area (Å²) in [4.78, 5) is 0. The average Bonchev–Trinajstić information content (AvgIpc) is 2.28. The van der Waals surface area contributed by atoms with Crippen molar-refractivity contribution in [2.45, 2.75) is 0 Å². The summed E-state index contributed by atoms with van der Waals surface area (Å²) in [6.07, 6.45) is 1.92. The summed E-state index contributed by atoms with van der Waals surface area (Å²) < 4.78 is 2.91. The summed E-state index contributed by atoms with van der Waals surface area (Å²) in [6, 6.07) is 5.98. The second-order valence-corrected chi connectivity index (χ2v) is 4.04. The van der Waals surface area contributed by atoms with Crippen molar-refractivity contribution in [1.29, 1.82) is 0 Å². The lowest BCUT2D eigenvalue weighted by Crippen LogP contribution is -1.80. The van der Waals surface area contributed by atoms with Gasteiger partial charge in [0.05, 0.1) is 0 Å². The minimum absolute atomic E-state index is 0.335. The molecule has 0 aliphatic rings. The molecule has 0 aliphatic heterocycles. The number of benzene rings is 1. The van der Waals surface area contributed by atoms with Gasteiger partial charge in [0.25, 0.3) is 0 Å². The summed E-state index contributed by atoms with van der Waals surface area (Å²) >= 11 is 2.26. The van der Waals surface area contributed by atoms with Gasteiger partial charge in [-0.2, -0.15) is 0 Å². The van der Waals surface area contributed by atoms with E-state index in [0.29, 0.717) is 5.88 Å². The topological polar surface area (TPSA) is 25.2 Å². The Kier molecular flexibility index (Phi) is 1.75. The molecule has 0 bridgehead atoms. The molecular formula is C9H8INO. The molecule has 0 saturated heterocycles. The number of nitrogens with zero attached hydrogens (tertiary/aromatic N) is 1. The first-order valence-corrected chi connectivity index (χ1v) is 4.70. The molecule has 62 valence electrons. The number of aromatic nitrogens is 1. The van der Waals surface area contributed by atoms with Crippen LogP contribution < -0.4 is 0 Å². The third-order valence-corrected chi connectivity index (χ3v) is 2.59. The van der Waals surface area contributed by atoms with Crippen LogP contribution >= 0.6 is 22.6 Å². The van der Waals surface area contributed by atoms with E-state index in [0.717, 1.165) is 10.8 Å². The van der Waals surface area contributed by atoms with Crippen LogP contribution in [0, 0.1) is 3.57 Å². The lowest BCUT2D eigenvalue weighted by Gasteiger charge is -1.92. The monoisotopic (exact) mass is 273 g/mol. The van der Waals surface area contributed by atoms with Gasteiger partial charge in [0.2, 0.25) is 0 Å². The van der Waals surface area contributed by atoms with Crippen molar-refractivity contribution in [1.82, 2.24) is 4.57 Å². The van der Waals surface area contributed by atoms with Crippen molar-refractivity contribution in [3.05, 3.63) is 28.0 Å². The third-order valence-electron chi connectivity index (χ3n) is 1.92. The first kappa shape index (κ1) is 7.91. The van der Waals surface area contributed by atoms with E-state index >= 15 is 0 Å². The molecule has 1 aromatic carbocycles. The van der Waals surface area contributed by atoms with Gasteiger partial charge in [0.1, 0.15) is 0 Å². The molecule has 0 fully saturated rings. The molecule has 0 saturated carbocycles. The summed E-state index contributed by atoms with van der Waals surface area (Å²) in [7, 11) is 1.84. The number of halogens is 1. The molecule has 2 aromatic rings. The standard InChI is InChI=1S/C9H8INO/c1-11-5-6-4-7(10)2-3-8(6)9(11)12/h2-5,12H,1H3. The van der Waals surface area contributed by atoms with Crippen molar-refractivity contribution in [2.75, 3.05) is 0 Å². The molecule has 0 amide bonds. The second kappa shape index (κ2) is 2.65. The Labute approximate surface area is 84.0 Å². The van der Waals surface area contributed by atoms with E-state index in [1.165, 1.54) is 3.57 Å². The van der Waals surface area contributed by atoms with E-state index in [2.05, 4.69) is 28.7 Å². The number of aromatic hydroxyl groups is 1. The SMILES string of the molecule is Cn1cc2cc(I)ccc2c1O. The number of hydrogen-bond donors (Lipinski definition) is 1. The van der Waals surface area contributed by atoms with Gasteiger partial charge in [0, 0.05) is 27.6 Å². The third kappa shape index (κ3) is 1.08. The Bertz CT molecular complexity index is 433. The Balaban J connectivity index is 2.87. The predicted molar refractivity (Wildman–Crippen MR) is 57.3 cm³/mol. The van der Waals surface area contributed by atoms with Crippen LogP contribution in [-0.2, 0) is 7.05 Å². The maximum Gasteiger partial charge on any atom is 0.198 e. The van der Waals surface area contributed by atoms with Gasteiger partial charge in [-0.25, -0.2) is 0 Å². The fourth-order valence-electron chi connectivity index (χ4n) is 1.30. The summed E-state index contributed by atoms with van der Waals surface area (Å²) in [6.45, 7) is 0. The van der Waals surface area contributed by atoms with Gasteiger partial charge >= 0.3 is 0 Å². The van der Waals surface area contributed by atoms with Crippen molar-refractivity contribution in [3.63, 3.8) is 0 Å². The fraction of sp³-hybridized carbons (Fsp3) is 0.111. The van der Waals surface area contributed by atoms with Crippen molar-refractivity contribution >= 4 is 33.4 Å². The molecule has 0 spiro atoms. The van der Waals surface area contributed by atoms with E-state index in [1.807, 2.05) is 25.4 Å². The molecule has 0 radical (unpaired) electrons. The Morgan fingerprint density at radius 2 is 2.17 bits per heavy atom. The molecule has 2 rings (SSSR count). The largest absolute Gasteiger partial charge is 0.494 e. The first-order chi connectivity index (χ1) is 5.68. The van der Waals surface area contributed by atoms with E-state index in [4.69, 9.17) is 0 Å². The van der Waals surface area contributed by atoms with Gasteiger partial charge in [0.15, 0.2) is 5.88 Å². The lowest BCUT2D eigenvalue weighted by atomic mass is 10.2. The molecule has 0 unspecified atom stereocenters. The van der Waals surface area contributed by atoms with Crippen LogP contribution in [0.3, 0.4) is 0 Å². The molecule has 1 heterocycles. The van der Waals surface area contributed by atoms with Gasteiger partial charge in [-0.05, 0) is 40.8 Å². The average molecular weight is 273 g/mol. The molecule has 0 atom stereocenters. The van der Waals surface area contributed by atoms with Gasteiger partial charge in [-0.15, -0.1) is 0 Å². The highest BCUT2D eigenvalue weighted by molar-refractivity contribution is 14.1. The highest BCUT2D eigenvalue weighted by Crippen LogP contribution is 2.26. The second-order valence-electron chi connectivity index (χ2n) is 2.80. The van der Waals surface area contributed by atoms with Gasteiger partial charge in [-0.1, -0.05) is 0 Å². The molecule has 2 nitrogen and oxygen atoms in total. The lowest BCUT2D eigenvalue weighted by molar-refractivity contribution is 0.438. The quantitative estimate of drug-likeness (QED) is 0.733. The highest BCUT2D eigenvalue weighted by atomic mass is 127. The molecular weight excluding hydrogens is 265 g/mol. The zero-order valence-electron chi connectivity index (χ0n) is 6.58. The zero-order chi connectivity index (χ0) is 8.72. The number of fused-ring (bicyclic) bond motifs is 1. The van der Waals surface area contributed by atoms with E-state index in [1.54, 1.807) is 4.57 Å². The van der Waals surface area contributed by atoms with Crippen LogP contribution in [0.15, 0.2) is 24.4 Å². The maximum absolute atomic E-state index is 9.55. The van der Waals surface area contributed by atoms with Crippen LogP contribution in [0.4, 0.5) is 0 Å². The predicted octanol–water partition coefficient (Wildman–Crippen LogP) is 2.49. The van der Waals surface area contributed by atoms with Crippen molar-refractivity contribution in [3.8, 4) is 5.88 Å². The Morgan fingerprint density at radius 1 is 1.42 bits per heavy atom. The number of rotatable bonds is 0. The number of hydrogen-bond acceptors (Lipinski definition) is 1. The van der Waals surface area contributed by atoms with Gasteiger partial charge in [-0.3, -0.25) is 0 Å². The van der Waals surface area contributed by atoms with E-state index < -0.39 is 0 Å². The Morgan fingerprint density at radius 3 is 2.92 bits per heavy atom. The molecule has 12 heavy (non-hydrogen) atoms. The minimum atomic E-state index is 0.335. The van der Waals surface area contributed by atoms with E-state index in [-0.39, 0.29) is 0 Å². The smallest absolute Gasteiger partial charge is 0.198 e. The minimum Gasteiger partial charge on any atom is -0.494 e. The van der Waals surface area contributed by atoms with Crippen LogP contribution in [-0.4, -0.2) is 9.67 Å². The highest BCUT2D eigenvalue weighted by Gasteiger charge is 2.04. The summed E-state index contributed by atoms with van der Waals surface area (Å²) in [5, 5.41) is 11.5. The normalized spacial score (nSPS) is 10.8. The number of aryl methyl sites for hydroxylation is 1. The van der Waals surface area contributed by atoms with Crippen LogP contribution in [0.25, 0.3) is 10.8 Å². The van der Waals surface area contributed by atoms with Gasteiger partial charge < -0.3 is 9.67 Å². The van der Waals surface area contributed by atoms with Crippen molar-refractivity contribution in [2.24, 2.45) is 7.05 Å². The van der Waals surface area contributed by atoms with Crippen LogP contribution in [0.2, 0.25) is 0 Å². The van der Waals surface area contributed by atoms with Crippen LogP contribution in [0.1, 0.15) is 0 Å². The molecule has 3 heteroatoms. The van der Waals surface area contributed by atoms with Crippen molar-refractivity contribution < 1.29 is 5.11 Å². The first-order valence-electron chi connectivity index (χ1n) is 3.62. The molecule has 1 aromatic heterocycles. The summed E-state index contributed by atoms with van der Waals surface area (Å²) in [5.41, 5.74) is 0. The fourth-order valence-corrected chi connectivity index (χ4v) is 1.82. The van der Waals surface area contributed by atoms with Crippen LogP contribution in [0.5, 0.6) is 5.88 Å². The van der Waals surface area contributed by atoms with E-state index in [9.17, 15) is 5.11 Å². The zero-order valence-corrected chi connectivity index (χ0v) is 8.74. The Hall–Kier alpha value is -0.710. The summed E-state index contributed by atoms with van der Waals surface area (Å²) in [5.74, 6) is 0.335.